The van der Waals surface area contributed by atoms with Crippen LogP contribution in [0.2, 0.25) is 0 Å². The molecular formula is C7H14N4. The number of rotatable bonds is 3. The van der Waals surface area contributed by atoms with Gasteiger partial charge in [-0.1, -0.05) is 0 Å². The van der Waals surface area contributed by atoms with Crippen LogP contribution in [0.3, 0.4) is 0 Å². The van der Waals surface area contributed by atoms with Gasteiger partial charge in [0.05, 0.1) is 6.54 Å². The first-order chi connectivity index (χ1) is 5.24. The molecule has 1 heterocycles. The highest BCUT2D eigenvalue weighted by Gasteiger charge is 2.00. The van der Waals surface area contributed by atoms with Gasteiger partial charge in [0.1, 0.15) is 6.33 Å². The summed E-state index contributed by atoms with van der Waals surface area (Å²) in [6.45, 7) is 4.90. The zero-order valence-electron chi connectivity index (χ0n) is 7.20. The predicted molar refractivity (Wildman–Crippen MR) is 43.2 cm³/mol. The van der Waals surface area contributed by atoms with Crippen molar-refractivity contribution in [3.05, 3.63) is 12.2 Å². The molecule has 4 heteroatoms. The Bertz CT molecular complexity index is 216. The van der Waals surface area contributed by atoms with Gasteiger partial charge in [-0.3, -0.25) is 4.68 Å². The maximum absolute atomic E-state index is 4.24. The van der Waals surface area contributed by atoms with E-state index in [4.69, 9.17) is 0 Å². The molecule has 0 bridgehead atoms. The van der Waals surface area contributed by atoms with Crippen molar-refractivity contribution in [3.63, 3.8) is 0 Å². The summed E-state index contributed by atoms with van der Waals surface area (Å²) in [5.74, 6) is 0.848. The number of nitrogens with zero attached hydrogens (tertiary/aromatic N) is 3. The molecule has 0 saturated heterocycles. The minimum atomic E-state index is 0.396. The smallest absolute Gasteiger partial charge is 0.164 e. The van der Waals surface area contributed by atoms with Crippen molar-refractivity contribution in [2.24, 2.45) is 0 Å². The quantitative estimate of drug-likeness (QED) is 0.692. The van der Waals surface area contributed by atoms with Crippen LogP contribution in [0.1, 0.15) is 25.7 Å². The van der Waals surface area contributed by atoms with E-state index in [0.717, 1.165) is 12.4 Å². The Morgan fingerprint density at radius 2 is 2.36 bits per heavy atom. The van der Waals surface area contributed by atoms with Gasteiger partial charge in [0.25, 0.3) is 0 Å². The normalized spacial score (nSPS) is 10.9. The molecule has 1 N–H and O–H groups in total. The fourth-order valence-corrected chi connectivity index (χ4v) is 0.799. The second-order valence-corrected chi connectivity index (χ2v) is 2.76. The molecule has 0 aromatic carbocycles. The summed E-state index contributed by atoms with van der Waals surface area (Å²) >= 11 is 0. The fraction of sp³-hybridized carbons (Fsp3) is 0.714. The van der Waals surface area contributed by atoms with Crippen LogP contribution < -0.4 is 5.32 Å². The van der Waals surface area contributed by atoms with E-state index in [1.54, 1.807) is 6.33 Å². The highest BCUT2D eigenvalue weighted by atomic mass is 15.3. The van der Waals surface area contributed by atoms with Crippen LogP contribution in [-0.4, -0.2) is 21.8 Å². The van der Waals surface area contributed by atoms with E-state index >= 15 is 0 Å². The van der Waals surface area contributed by atoms with Gasteiger partial charge in [-0.15, -0.1) is 0 Å². The van der Waals surface area contributed by atoms with Crippen molar-refractivity contribution in [2.45, 2.75) is 26.4 Å². The molecule has 0 aliphatic carbocycles. The van der Waals surface area contributed by atoms with Crippen molar-refractivity contribution in [1.29, 1.82) is 0 Å². The van der Waals surface area contributed by atoms with Gasteiger partial charge >= 0.3 is 0 Å². The van der Waals surface area contributed by atoms with Gasteiger partial charge < -0.3 is 5.32 Å². The van der Waals surface area contributed by atoms with E-state index in [1.165, 1.54) is 0 Å². The molecule has 4 nitrogen and oxygen atoms in total. The third-order valence-electron chi connectivity index (χ3n) is 1.42. The molecule has 0 aliphatic heterocycles. The summed E-state index contributed by atoms with van der Waals surface area (Å²) in [5.41, 5.74) is 0. The first-order valence-electron chi connectivity index (χ1n) is 3.78. The molecule has 62 valence electrons. The topological polar surface area (TPSA) is 42.7 Å². The molecule has 0 fully saturated rings. The third kappa shape index (κ3) is 2.01. The number of hydrogen-bond donors (Lipinski definition) is 1. The van der Waals surface area contributed by atoms with Gasteiger partial charge in [-0.2, -0.15) is 5.10 Å². The van der Waals surface area contributed by atoms with Crippen LogP contribution >= 0.6 is 0 Å². The minimum Gasteiger partial charge on any atom is -0.313 e. The van der Waals surface area contributed by atoms with Gasteiger partial charge in [0.2, 0.25) is 0 Å². The van der Waals surface area contributed by atoms with Crippen molar-refractivity contribution >= 4 is 0 Å². The molecule has 0 spiro atoms. The standard InChI is InChI=1S/C7H14N4/c1-6(2)11-5-9-7(10-11)4-8-3/h5-6,8H,4H2,1-3H3. The van der Waals surface area contributed by atoms with E-state index in [2.05, 4.69) is 29.2 Å². The fourth-order valence-electron chi connectivity index (χ4n) is 0.799. The van der Waals surface area contributed by atoms with Crippen LogP contribution in [0, 0.1) is 0 Å². The predicted octanol–water partition coefficient (Wildman–Crippen LogP) is 0.578. The molecule has 1 rings (SSSR count). The molecule has 0 unspecified atom stereocenters. The third-order valence-corrected chi connectivity index (χ3v) is 1.42. The van der Waals surface area contributed by atoms with Crippen molar-refractivity contribution in [3.8, 4) is 0 Å². The Balaban J connectivity index is 2.66. The highest BCUT2D eigenvalue weighted by Crippen LogP contribution is 2.00. The first kappa shape index (κ1) is 8.20. The summed E-state index contributed by atoms with van der Waals surface area (Å²) in [6.07, 6.45) is 1.76. The van der Waals surface area contributed by atoms with Crippen molar-refractivity contribution in [1.82, 2.24) is 20.1 Å². The van der Waals surface area contributed by atoms with E-state index in [0.29, 0.717) is 6.04 Å². The Labute approximate surface area is 66.6 Å². The lowest BCUT2D eigenvalue weighted by molar-refractivity contribution is 0.523. The lowest BCUT2D eigenvalue weighted by atomic mass is 10.4. The second kappa shape index (κ2) is 3.48. The van der Waals surface area contributed by atoms with Crippen LogP contribution in [0.5, 0.6) is 0 Å². The average molecular weight is 154 g/mol. The zero-order valence-corrected chi connectivity index (χ0v) is 7.20. The summed E-state index contributed by atoms with van der Waals surface area (Å²) in [6, 6.07) is 0.396. The van der Waals surface area contributed by atoms with Crippen LogP contribution in [0.25, 0.3) is 0 Å². The van der Waals surface area contributed by atoms with Crippen LogP contribution in [0.15, 0.2) is 6.33 Å². The Kier molecular flexibility index (Phi) is 2.59. The highest BCUT2D eigenvalue weighted by molar-refractivity contribution is 4.80. The molecule has 1 aromatic heterocycles. The maximum atomic E-state index is 4.24. The summed E-state index contributed by atoms with van der Waals surface area (Å²) in [4.78, 5) is 4.12. The van der Waals surface area contributed by atoms with Crippen molar-refractivity contribution in [2.75, 3.05) is 7.05 Å². The monoisotopic (exact) mass is 154 g/mol. The Morgan fingerprint density at radius 1 is 1.64 bits per heavy atom. The lowest BCUT2D eigenvalue weighted by Crippen LogP contribution is -2.08. The average Bonchev–Trinajstić information content (AvgIpc) is 2.37. The van der Waals surface area contributed by atoms with E-state index in [1.807, 2.05) is 11.7 Å². The van der Waals surface area contributed by atoms with E-state index in [-0.39, 0.29) is 0 Å². The Hall–Kier alpha value is -0.900. The van der Waals surface area contributed by atoms with E-state index in [9.17, 15) is 0 Å². The Morgan fingerprint density at radius 3 is 2.82 bits per heavy atom. The van der Waals surface area contributed by atoms with Gasteiger partial charge in [0, 0.05) is 6.04 Å². The van der Waals surface area contributed by atoms with E-state index < -0.39 is 0 Å². The van der Waals surface area contributed by atoms with Crippen molar-refractivity contribution < 1.29 is 0 Å². The lowest BCUT2D eigenvalue weighted by Gasteiger charge is -2.01. The molecule has 0 amide bonds. The SMILES string of the molecule is CNCc1ncn(C(C)C)n1. The zero-order chi connectivity index (χ0) is 8.27. The van der Waals surface area contributed by atoms with Crippen LogP contribution in [-0.2, 0) is 6.54 Å². The summed E-state index contributed by atoms with van der Waals surface area (Å²) in [7, 11) is 1.88. The molecule has 1 aromatic rings. The summed E-state index contributed by atoms with van der Waals surface area (Å²) in [5, 5.41) is 7.24. The number of nitrogens with one attached hydrogen (secondary N) is 1. The number of hydrogen-bond acceptors (Lipinski definition) is 3. The summed E-state index contributed by atoms with van der Waals surface area (Å²) < 4.78 is 1.85. The molecule has 0 radical (unpaired) electrons. The first-order valence-corrected chi connectivity index (χ1v) is 3.78. The van der Waals surface area contributed by atoms with Gasteiger partial charge in [-0.25, -0.2) is 4.98 Å². The van der Waals surface area contributed by atoms with Gasteiger partial charge in [0.15, 0.2) is 5.82 Å². The minimum absolute atomic E-state index is 0.396. The molecule has 0 aliphatic rings. The number of aromatic nitrogens is 3. The largest absolute Gasteiger partial charge is 0.313 e. The molecular weight excluding hydrogens is 140 g/mol. The molecule has 0 saturated carbocycles. The molecule has 11 heavy (non-hydrogen) atoms. The molecule has 0 atom stereocenters. The van der Waals surface area contributed by atoms with Gasteiger partial charge in [-0.05, 0) is 20.9 Å². The maximum Gasteiger partial charge on any atom is 0.164 e. The second-order valence-electron chi connectivity index (χ2n) is 2.76. The van der Waals surface area contributed by atoms with Crippen LogP contribution in [0.4, 0.5) is 0 Å².